The van der Waals surface area contributed by atoms with E-state index in [9.17, 15) is 4.79 Å². The van der Waals surface area contributed by atoms with E-state index < -0.39 is 0 Å². The largest absolute Gasteiger partial charge is 0.371 e. The number of hydrogen-bond acceptors (Lipinski definition) is 6. The second-order valence-electron chi connectivity index (χ2n) is 8.25. The Morgan fingerprint density at radius 2 is 1.84 bits per heavy atom. The summed E-state index contributed by atoms with van der Waals surface area (Å²) in [5, 5.41) is 6.43. The molecule has 1 amide bonds. The van der Waals surface area contributed by atoms with Gasteiger partial charge in [-0.25, -0.2) is 9.97 Å². The van der Waals surface area contributed by atoms with E-state index in [2.05, 4.69) is 41.4 Å². The van der Waals surface area contributed by atoms with E-state index >= 15 is 0 Å². The number of rotatable bonds is 4. The lowest BCUT2D eigenvalue weighted by Crippen LogP contribution is -2.45. The lowest BCUT2D eigenvalue weighted by Gasteiger charge is -2.21. The molecule has 2 aliphatic heterocycles. The van der Waals surface area contributed by atoms with Crippen LogP contribution in [0.2, 0.25) is 0 Å². The Balaban J connectivity index is 1.39. The van der Waals surface area contributed by atoms with Crippen molar-refractivity contribution < 1.29 is 14.3 Å². The molecular formula is C18H26N4O3. The summed E-state index contributed by atoms with van der Waals surface area (Å²) in [7, 11) is 0. The molecule has 0 radical (unpaired) electrons. The quantitative estimate of drug-likeness (QED) is 0.853. The summed E-state index contributed by atoms with van der Waals surface area (Å²) >= 11 is 0. The molecule has 0 spiro atoms. The lowest BCUT2D eigenvalue weighted by atomic mass is 9.92. The van der Waals surface area contributed by atoms with Crippen molar-refractivity contribution in [1.82, 2.24) is 15.3 Å². The van der Waals surface area contributed by atoms with Gasteiger partial charge in [0.1, 0.15) is 12.2 Å². The van der Waals surface area contributed by atoms with E-state index in [1.165, 1.54) is 0 Å². The van der Waals surface area contributed by atoms with Gasteiger partial charge in [-0.1, -0.05) is 20.8 Å². The van der Waals surface area contributed by atoms with Crippen LogP contribution < -0.4 is 10.6 Å². The average Bonchev–Trinajstić information content (AvgIpc) is 3.24. The van der Waals surface area contributed by atoms with Crippen LogP contribution in [0.15, 0.2) is 12.3 Å². The number of nitrogens with one attached hydrogen (secondary N) is 2. The first-order valence-corrected chi connectivity index (χ1v) is 9.05. The molecule has 4 atom stereocenters. The third kappa shape index (κ3) is 3.48. The Labute approximate surface area is 147 Å². The van der Waals surface area contributed by atoms with Crippen LogP contribution >= 0.6 is 0 Å². The predicted molar refractivity (Wildman–Crippen MR) is 92.3 cm³/mol. The number of nitrogens with zero attached hydrogens (tertiary/aromatic N) is 2. The van der Waals surface area contributed by atoms with Gasteiger partial charge in [-0.05, 0) is 18.9 Å². The van der Waals surface area contributed by atoms with Crippen molar-refractivity contribution in [3.8, 4) is 0 Å². The highest BCUT2D eigenvalue weighted by molar-refractivity contribution is 5.81. The fourth-order valence-corrected chi connectivity index (χ4v) is 3.40. The van der Waals surface area contributed by atoms with Crippen LogP contribution in [0.1, 0.15) is 39.3 Å². The minimum atomic E-state index is -0.106. The molecular weight excluding hydrogens is 320 g/mol. The number of carbonyl (C=O) groups excluding carboxylic acids is 1. The average molecular weight is 346 g/mol. The molecule has 25 heavy (non-hydrogen) atoms. The van der Waals surface area contributed by atoms with Crippen molar-refractivity contribution in [1.29, 1.82) is 0 Å². The zero-order valence-electron chi connectivity index (χ0n) is 15.0. The van der Waals surface area contributed by atoms with Crippen molar-refractivity contribution in [2.75, 3.05) is 18.5 Å². The van der Waals surface area contributed by atoms with Crippen LogP contribution in [0.3, 0.4) is 0 Å². The van der Waals surface area contributed by atoms with Gasteiger partial charge in [0.25, 0.3) is 0 Å². The summed E-state index contributed by atoms with van der Waals surface area (Å²) in [6, 6.07) is 1.86. The van der Waals surface area contributed by atoms with Crippen molar-refractivity contribution in [3.63, 3.8) is 0 Å². The number of hydrogen-bond donors (Lipinski definition) is 2. The molecule has 1 aromatic heterocycles. The molecule has 3 heterocycles. The van der Waals surface area contributed by atoms with E-state index in [1.807, 2.05) is 6.07 Å². The molecule has 3 aliphatic rings. The number of amides is 1. The van der Waals surface area contributed by atoms with Gasteiger partial charge in [0.15, 0.2) is 0 Å². The molecule has 1 saturated carbocycles. The van der Waals surface area contributed by atoms with Gasteiger partial charge < -0.3 is 20.1 Å². The van der Waals surface area contributed by atoms with Crippen LogP contribution in [0.5, 0.6) is 0 Å². The second kappa shape index (κ2) is 6.21. The SMILES string of the molecule is CC(C)(C)c1ccnc(N[C@@H]2CO[C@@H]3[C@@H]2OC[C@@H]3NC(=O)C2CC2)n1. The van der Waals surface area contributed by atoms with Gasteiger partial charge >= 0.3 is 0 Å². The normalized spacial score (nSPS) is 31.6. The number of aromatic nitrogens is 2. The lowest BCUT2D eigenvalue weighted by molar-refractivity contribution is -0.123. The zero-order valence-corrected chi connectivity index (χ0v) is 15.0. The fraction of sp³-hybridized carbons (Fsp3) is 0.722. The van der Waals surface area contributed by atoms with Crippen molar-refractivity contribution in [2.45, 2.75) is 63.3 Å². The Morgan fingerprint density at radius 1 is 1.16 bits per heavy atom. The van der Waals surface area contributed by atoms with Gasteiger partial charge in [0, 0.05) is 17.5 Å². The maximum Gasteiger partial charge on any atom is 0.223 e. The fourth-order valence-electron chi connectivity index (χ4n) is 3.40. The number of anilines is 1. The van der Waals surface area contributed by atoms with Gasteiger partial charge in [-0.15, -0.1) is 0 Å². The van der Waals surface area contributed by atoms with E-state index in [0.717, 1.165) is 18.5 Å². The highest BCUT2D eigenvalue weighted by Crippen LogP contribution is 2.32. The first kappa shape index (κ1) is 16.7. The van der Waals surface area contributed by atoms with Gasteiger partial charge in [0.2, 0.25) is 11.9 Å². The second-order valence-corrected chi connectivity index (χ2v) is 8.25. The number of fused-ring (bicyclic) bond motifs is 1. The van der Waals surface area contributed by atoms with Crippen molar-refractivity contribution in [2.24, 2.45) is 5.92 Å². The van der Waals surface area contributed by atoms with E-state index in [4.69, 9.17) is 9.47 Å². The van der Waals surface area contributed by atoms with Crippen molar-refractivity contribution >= 4 is 11.9 Å². The highest BCUT2D eigenvalue weighted by atomic mass is 16.6. The minimum Gasteiger partial charge on any atom is -0.371 e. The summed E-state index contributed by atoms with van der Waals surface area (Å²) in [6.45, 7) is 7.40. The third-order valence-corrected chi connectivity index (χ3v) is 5.07. The molecule has 4 rings (SSSR count). The zero-order chi connectivity index (χ0) is 17.6. The van der Waals surface area contributed by atoms with Gasteiger partial charge in [-0.3, -0.25) is 4.79 Å². The molecule has 0 bridgehead atoms. The van der Waals surface area contributed by atoms with E-state index in [-0.39, 0.29) is 41.5 Å². The van der Waals surface area contributed by atoms with Crippen LogP contribution in [0.4, 0.5) is 5.95 Å². The monoisotopic (exact) mass is 346 g/mol. The van der Waals surface area contributed by atoms with Gasteiger partial charge in [-0.2, -0.15) is 0 Å². The first-order valence-electron chi connectivity index (χ1n) is 9.05. The molecule has 2 saturated heterocycles. The molecule has 1 aromatic rings. The molecule has 3 fully saturated rings. The standard InChI is InChI=1S/C18H26N4O3/c1-18(2,3)13-6-7-19-17(22-13)21-12-9-25-14-11(8-24-15(12)14)20-16(23)10-4-5-10/h6-7,10-12,14-15H,4-5,8-9H2,1-3H3,(H,20,23)(H,19,21,22)/t11-,12+,14-,15+/m0/s1. The maximum atomic E-state index is 12.0. The Kier molecular flexibility index (Phi) is 4.16. The molecule has 0 unspecified atom stereocenters. The predicted octanol–water partition coefficient (Wildman–Crippen LogP) is 1.25. The van der Waals surface area contributed by atoms with Crippen LogP contribution in [-0.2, 0) is 19.7 Å². The smallest absolute Gasteiger partial charge is 0.223 e. The molecule has 1 aliphatic carbocycles. The summed E-state index contributed by atoms with van der Waals surface area (Å²) in [6.07, 6.45) is 3.58. The molecule has 7 nitrogen and oxygen atoms in total. The summed E-state index contributed by atoms with van der Waals surface area (Å²) < 4.78 is 11.8. The molecule has 136 valence electrons. The minimum absolute atomic E-state index is 0.0111. The van der Waals surface area contributed by atoms with Crippen LogP contribution in [-0.4, -0.2) is 53.4 Å². The summed E-state index contributed by atoms with van der Waals surface area (Å²) in [5.41, 5.74) is 0.957. The van der Waals surface area contributed by atoms with Crippen LogP contribution in [0.25, 0.3) is 0 Å². The number of ether oxygens (including phenoxy) is 2. The summed E-state index contributed by atoms with van der Waals surface area (Å²) in [5.74, 6) is 0.925. The first-order chi connectivity index (χ1) is 11.9. The topological polar surface area (TPSA) is 85.4 Å². The third-order valence-electron chi connectivity index (χ3n) is 5.07. The van der Waals surface area contributed by atoms with E-state index in [1.54, 1.807) is 6.20 Å². The number of carbonyl (C=O) groups is 1. The maximum absolute atomic E-state index is 12.0. The highest BCUT2D eigenvalue weighted by Gasteiger charge is 2.49. The summed E-state index contributed by atoms with van der Waals surface area (Å²) in [4.78, 5) is 20.9. The Bertz CT molecular complexity index is 656. The Morgan fingerprint density at radius 3 is 2.52 bits per heavy atom. The molecule has 7 heteroatoms. The van der Waals surface area contributed by atoms with E-state index in [0.29, 0.717) is 19.2 Å². The molecule has 2 N–H and O–H groups in total. The Hall–Kier alpha value is -1.73. The van der Waals surface area contributed by atoms with Crippen LogP contribution in [0, 0.1) is 5.92 Å². The molecule has 0 aromatic carbocycles. The van der Waals surface area contributed by atoms with Gasteiger partial charge in [0.05, 0.1) is 31.0 Å². The van der Waals surface area contributed by atoms with Crippen molar-refractivity contribution in [3.05, 3.63) is 18.0 Å².